The summed E-state index contributed by atoms with van der Waals surface area (Å²) in [5.41, 5.74) is 6.63. The average Bonchev–Trinajstić information content (AvgIpc) is 3.50. The molecule has 1 aromatic rings. The number of hydrogen-bond acceptors (Lipinski definition) is 15. The predicted octanol–water partition coefficient (Wildman–Crippen LogP) is 3.54. The highest BCUT2D eigenvalue weighted by molar-refractivity contribution is 8.76. The maximum Gasteiger partial charge on any atom is 0.490 e. The Morgan fingerprint density at radius 1 is 1.05 bits per heavy atom. The lowest BCUT2D eigenvalue weighted by molar-refractivity contribution is -0.120. The molecule has 310 valence electrons. The van der Waals surface area contributed by atoms with Crippen LogP contribution in [-0.2, 0) is 41.1 Å². The Balaban J connectivity index is 1.43. The monoisotopic (exact) mass is 877 g/mol. The second kappa shape index (κ2) is 24.1. The van der Waals surface area contributed by atoms with E-state index in [2.05, 4.69) is 50.6 Å². The minimum Gasteiger partial charge on any atom is -0.369 e. The van der Waals surface area contributed by atoms with E-state index in [1.165, 1.54) is 51.4 Å². The first kappa shape index (κ1) is 47.4. The van der Waals surface area contributed by atoms with Gasteiger partial charge in [0.2, 0.25) is 5.91 Å². The lowest BCUT2D eigenvalue weighted by atomic mass is 9.95. The number of phosphoric ester groups is 1. The Morgan fingerprint density at radius 2 is 1.78 bits per heavy atom. The molecular weight excluding hydrogens is 831 g/mol. The Morgan fingerprint density at radius 3 is 2.51 bits per heavy atom. The zero-order valence-electron chi connectivity index (χ0n) is 29.6. The average molecular weight is 878 g/mol. The molecule has 5 atom stereocenters. The Labute approximate surface area is 324 Å². The molecular formula is C28H46N7O15P3S2. The highest BCUT2D eigenvalue weighted by atomic mass is 33.1. The van der Waals surface area contributed by atoms with Gasteiger partial charge in [0.25, 0.3) is 5.56 Å². The summed E-state index contributed by atoms with van der Waals surface area (Å²) in [5, 5.41) is 9.53. The molecule has 2 aliphatic rings. The summed E-state index contributed by atoms with van der Waals surface area (Å²) in [6, 6.07) is 0.701. The van der Waals surface area contributed by atoms with Gasteiger partial charge in [0, 0.05) is 41.5 Å². The van der Waals surface area contributed by atoms with Crippen molar-refractivity contribution < 1.29 is 60.7 Å². The third kappa shape index (κ3) is 19.3. The quantitative estimate of drug-likeness (QED) is 0.0148. The predicted molar refractivity (Wildman–Crippen MR) is 201 cm³/mol. The van der Waals surface area contributed by atoms with Crippen molar-refractivity contribution in [3.05, 3.63) is 43.0 Å². The highest BCUT2D eigenvalue weighted by Crippen LogP contribution is 2.66. The lowest BCUT2D eigenvalue weighted by Gasteiger charge is -2.22. The van der Waals surface area contributed by atoms with E-state index in [1.807, 2.05) is 0 Å². The van der Waals surface area contributed by atoms with E-state index >= 15 is 0 Å². The van der Waals surface area contributed by atoms with Crippen molar-refractivity contribution in [2.24, 2.45) is 5.11 Å². The van der Waals surface area contributed by atoms with Crippen LogP contribution in [0, 0.1) is 11.8 Å². The van der Waals surface area contributed by atoms with Crippen LogP contribution in [0.25, 0.3) is 10.4 Å². The SMILES string of the molecule is [N-]=[N+]=NCO[C@@H]1C[C@H](n2cc(C#CCNC(=O)CCSSCCCCCCNC3CCCCC3)c(=O)[nH]c2=O)O[C@@H]1COP(=O)(O)OP(=O)(O)OP(=O)(O)O. The third-order valence-corrected chi connectivity index (χ3v) is 14.3. The molecule has 0 radical (unpaired) electrons. The van der Waals surface area contributed by atoms with Gasteiger partial charge in [0.1, 0.15) is 24.6 Å². The molecule has 55 heavy (non-hydrogen) atoms. The zero-order valence-corrected chi connectivity index (χ0v) is 34.0. The molecule has 3 rings (SSSR count). The minimum absolute atomic E-state index is 0.0806. The Bertz CT molecular complexity index is 1780. The van der Waals surface area contributed by atoms with E-state index in [4.69, 9.17) is 24.8 Å². The summed E-state index contributed by atoms with van der Waals surface area (Å²) in [6.07, 6.45) is 8.86. The fourth-order valence-corrected chi connectivity index (χ4v) is 10.7. The van der Waals surface area contributed by atoms with Crippen LogP contribution in [-0.4, -0.2) is 91.2 Å². The molecule has 1 amide bonds. The van der Waals surface area contributed by atoms with Gasteiger partial charge in [-0.3, -0.25) is 23.7 Å². The fraction of sp³-hybridized carbons (Fsp3) is 0.750. The standard InChI is InChI=1S/C28H46N7O15P3S2/c29-34-32-20-46-23-17-26(48-24(23)19-47-52(42,43)50-53(44,45)49-51(39,40)41)35-18-21(27(37)33-28(35)38)9-8-14-31-25(36)12-16-55-54-15-7-2-1-6-13-30-22-10-4-3-5-11-22/h18,22-24,26,30H,1-7,10-17,19-20H2,(H,31,36)(H,42,43)(H,44,45)(H,33,37,38)(H2,39,40,41)/t23-,24-,26-/m1/s1. The van der Waals surface area contributed by atoms with Gasteiger partial charge in [0.15, 0.2) is 0 Å². The largest absolute Gasteiger partial charge is 0.490 e. The molecule has 1 saturated heterocycles. The number of H-pyrrole nitrogens is 1. The van der Waals surface area contributed by atoms with Gasteiger partial charge in [-0.25, -0.2) is 18.5 Å². The summed E-state index contributed by atoms with van der Waals surface area (Å²) < 4.78 is 58.7. The number of hydrogen-bond donors (Lipinski definition) is 7. The highest BCUT2D eigenvalue weighted by Gasteiger charge is 2.43. The molecule has 1 saturated carbocycles. The smallest absolute Gasteiger partial charge is 0.369 e. The van der Waals surface area contributed by atoms with Crippen molar-refractivity contribution in [1.82, 2.24) is 20.2 Å². The molecule has 1 aliphatic carbocycles. The second-order valence-electron chi connectivity index (χ2n) is 12.2. The molecule has 0 bridgehead atoms. The van der Waals surface area contributed by atoms with E-state index in [0.717, 1.165) is 29.5 Å². The van der Waals surface area contributed by atoms with E-state index < -0.39 is 66.5 Å². The van der Waals surface area contributed by atoms with Crippen molar-refractivity contribution in [2.75, 3.05) is 37.9 Å². The van der Waals surface area contributed by atoms with Gasteiger partial charge in [0.05, 0.1) is 19.3 Å². The maximum absolute atomic E-state index is 12.7. The summed E-state index contributed by atoms with van der Waals surface area (Å²) in [7, 11) is -13.6. The summed E-state index contributed by atoms with van der Waals surface area (Å²) in [6.45, 7) is -0.475. The van der Waals surface area contributed by atoms with Crippen LogP contribution >= 0.6 is 45.1 Å². The number of carbonyl (C=O) groups is 1. The number of rotatable bonds is 24. The minimum atomic E-state index is -5.79. The number of amides is 1. The van der Waals surface area contributed by atoms with E-state index in [0.29, 0.717) is 11.8 Å². The van der Waals surface area contributed by atoms with Gasteiger partial charge in [-0.1, -0.05) is 70.6 Å². The van der Waals surface area contributed by atoms with Crippen molar-refractivity contribution in [3.8, 4) is 11.8 Å². The molecule has 27 heteroatoms. The molecule has 1 aromatic heterocycles. The molecule has 1 aliphatic heterocycles. The number of unbranched alkanes of at least 4 members (excludes halogenated alkanes) is 3. The van der Waals surface area contributed by atoms with Crippen LogP contribution in [0.3, 0.4) is 0 Å². The second-order valence-corrected chi connectivity index (χ2v) is 19.3. The van der Waals surface area contributed by atoms with Crippen molar-refractivity contribution in [1.29, 1.82) is 0 Å². The lowest BCUT2D eigenvalue weighted by Crippen LogP contribution is -2.34. The molecule has 7 N–H and O–H groups in total. The first-order chi connectivity index (χ1) is 26.1. The maximum atomic E-state index is 12.7. The number of nitrogens with one attached hydrogen (secondary N) is 3. The van der Waals surface area contributed by atoms with Crippen LogP contribution < -0.4 is 21.9 Å². The van der Waals surface area contributed by atoms with Crippen molar-refractivity contribution in [3.63, 3.8) is 0 Å². The number of azide groups is 1. The first-order valence-electron chi connectivity index (χ1n) is 17.2. The third-order valence-electron chi connectivity index (χ3n) is 7.97. The number of carbonyl (C=O) groups excluding carboxylic acids is 1. The van der Waals surface area contributed by atoms with Crippen molar-refractivity contribution in [2.45, 2.75) is 95.1 Å². The molecule has 2 unspecified atom stereocenters. The topological polar surface area (TPSA) is 323 Å². The van der Waals surface area contributed by atoms with E-state index in [9.17, 15) is 37.9 Å². The van der Waals surface area contributed by atoms with E-state index in [1.54, 1.807) is 21.6 Å². The number of aromatic nitrogens is 2. The number of phosphoric acid groups is 3. The molecule has 22 nitrogen and oxygen atoms in total. The van der Waals surface area contributed by atoms with Crippen LogP contribution in [0.1, 0.15) is 82.4 Å². The van der Waals surface area contributed by atoms with Gasteiger partial charge in [-0.15, -0.1) is 0 Å². The molecule has 2 fully saturated rings. The first-order valence-corrected chi connectivity index (χ1v) is 24.2. The van der Waals surface area contributed by atoms with Crippen LogP contribution in [0.2, 0.25) is 0 Å². The number of ether oxygens (including phenoxy) is 2. The fourth-order valence-electron chi connectivity index (χ4n) is 5.49. The summed E-state index contributed by atoms with van der Waals surface area (Å²) >= 11 is 0. The van der Waals surface area contributed by atoms with Gasteiger partial charge in [-0.05, 0) is 37.8 Å². The van der Waals surface area contributed by atoms with Crippen LogP contribution in [0.15, 0.2) is 20.9 Å². The van der Waals surface area contributed by atoms with Gasteiger partial charge in [-0.2, -0.15) is 8.62 Å². The van der Waals surface area contributed by atoms with Gasteiger partial charge < -0.3 is 39.7 Å². The molecule has 2 heterocycles. The normalized spacial score (nSPS) is 21.1. The number of aromatic amines is 1. The summed E-state index contributed by atoms with van der Waals surface area (Å²) in [5.74, 6) is 6.64. The van der Waals surface area contributed by atoms with Crippen LogP contribution in [0.4, 0.5) is 0 Å². The van der Waals surface area contributed by atoms with Gasteiger partial charge >= 0.3 is 29.2 Å². The Hall–Kier alpha value is -1.99. The molecule has 0 spiro atoms. The molecule has 0 aromatic carbocycles. The zero-order chi connectivity index (χ0) is 40.3. The van der Waals surface area contributed by atoms with Crippen molar-refractivity contribution >= 4 is 51.0 Å². The van der Waals surface area contributed by atoms with E-state index in [-0.39, 0.29) is 30.9 Å². The Kier molecular flexibility index (Phi) is 20.7. The van der Waals surface area contributed by atoms with Crippen LogP contribution in [0.5, 0.6) is 0 Å². The summed E-state index contributed by atoms with van der Waals surface area (Å²) in [4.78, 5) is 78.6. The number of nitrogens with zero attached hydrogens (tertiary/aromatic N) is 4.